The quantitative estimate of drug-likeness (QED) is 0.725. The Balaban J connectivity index is 1.82. The van der Waals surface area contributed by atoms with Gasteiger partial charge in [-0.2, -0.15) is 0 Å². The molecule has 2 fully saturated rings. The third kappa shape index (κ3) is 4.96. The Labute approximate surface area is 124 Å². The molecule has 8 heteroatoms. The number of nitrogens with zero attached hydrogens (tertiary/aromatic N) is 1. The zero-order valence-corrected chi connectivity index (χ0v) is 13.0. The van der Waals surface area contributed by atoms with Gasteiger partial charge >= 0.3 is 0 Å². The molecule has 2 heterocycles. The van der Waals surface area contributed by atoms with E-state index in [-0.39, 0.29) is 42.0 Å². The molecule has 2 amide bonds. The van der Waals surface area contributed by atoms with Gasteiger partial charge in [0, 0.05) is 26.1 Å². The number of nitrogens with one attached hydrogen (secondary N) is 1. The first kappa shape index (κ1) is 16.2. The highest BCUT2D eigenvalue weighted by Gasteiger charge is 2.30. The van der Waals surface area contributed by atoms with Crippen LogP contribution in [0.15, 0.2) is 0 Å². The maximum Gasteiger partial charge on any atom is 0.239 e. The highest BCUT2D eigenvalue weighted by atomic mass is 32.2. The molecule has 2 saturated heterocycles. The van der Waals surface area contributed by atoms with E-state index in [1.807, 2.05) is 0 Å². The minimum absolute atomic E-state index is 0.00596. The summed E-state index contributed by atoms with van der Waals surface area (Å²) < 4.78 is 28.2. The summed E-state index contributed by atoms with van der Waals surface area (Å²) in [7, 11) is -3.02. The van der Waals surface area contributed by atoms with Crippen LogP contribution in [0.25, 0.3) is 0 Å². The van der Waals surface area contributed by atoms with E-state index in [9.17, 15) is 18.0 Å². The minimum Gasteiger partial charge on any atom is -0.376 e. The van der Waals surface area contributed by atoms with E-state index in [4.69, 9.17) is 4.74 Å². The summed E-state index contributed by atoms with van der Waals surface area (Å²) in [5.74, 6) is -0.389. The molecule has 1 N–H and O–H groups in total. The predicted octanol–water partition coefficient (Wildman–Crippen LogP) is -0.683. The molecule has 2 rings (SSSR count). The van der Waals surface area contributed by atoms with Crippen LogP contribution in [0.3, 0.4) is 0 Å². The average Bonchev–Trinajstić information content (AvgIpc) is 2.98. The molecular weight excluding hydrogens is 296 g/mol. The van der Waals surface area contributed by atoms with Crippen LogP contribution < -0.4 is 5.32 Å². The van der Waals surface area contributed by atoms with Crippen LogP contribution in [-0.2, 0) is 24.2 Å². The van der Waals surface area contributed by atoms with E-state index >= 15 is 0 Å². The number of carbonyl (C=O) groups is 2. The summed E-state index contributed by atoms with van der Waals surface area (Å²) in [6.07, 6.45) is 2.31. The van der Waals surface area contributed by atoms with E-state index in [1.54, 1.807) is 0 Å². The van der Waals surface area contributed by atoms with Gasteiger partial charge in [-0.05, 0) is 19.3 Å². The summed E-state index contributed by atoms with van der Waals surface area (Å²) in [5.41, 5.74) is 0. The molecule has 0 aromatic heterocycles. The molecule has 0 aromatic carbocycles. The first-order chi connectivity index (χ1) is 9.85. The fraction of sp³-hybridized carbons (Fsp3) is 0.846. The maximum atomic E-state index is 12.0. The average molecular weight is 318 g/mol. The minimum atomic E-state index is -3.02. The van der Waals surface area contributed by atoms with Gasteiger partial charge in [-0.3, -0.25) is 9.59 Å². The number of hydrogen-bond acceptors (Lipinski definition) is 5. The summed E-state index contributed by atoms with van der Waals surface area (Å²) in [5, 5.41) is 2.69. The Bertz CT molecular complexity index is 499. The predicted molar refractivity (Wildman–Crippen MR) is 76.4 cm³/mol. The normalized spacial score (nSPS) is 27.5. The Morgan fingerprint density at radius 1 is 1.33 bits per heavy atom. The van der Waals surface area contributed by atoms with Crippen LogP contribution in [0.5, 0.6) is 0 Å². The largest absolute Gasteiger partial charge is 0.376 e. The Morgan fingerprint density at radius 3 is 2.62 bits per heavy atom. The first-order valence-corrected chi connectivity index (χ1v) is 9.05. The van der Waals surface area contributed by atoms with E-state index in [0.717, 1.165) is 12.8 Å². The SMILES string of the molecule is CC(=O)N(CC(=O)NC1CCS(=O)(=O)C1)CC1CCCO1. The van der Waals surface area contributed by atoms with Crippen LogP contribution >= 0.6 is 0 Å². The second kappa shape index (κ2) is 6.74. The van der Waals surface area contributed by atoms with Crippen LogP contribution in [0.4, 0.5) is 0 Å². The number of carbonyl (C=O) groups excluding carboxylic acids is 2. The Hall–Kier alpha value is -1.15. The number of amides is 2. The number of ether oxygens (including phenoxy) is 1. The van der Waals surface area contributed by atoms with Crippen LogP contribution in [0, 0.1) is 0 Å². The second-order valence-electron chi connectivity index (χ2n) is 5.70. The van der Waals surface area contributed by atoms with Crippen molar-refractivity contribution in [1.29, 1.82) is 0 Å². The lowest BCUT2D eigenvalue weighted by molar-refractivity contribution is -0.136. The molecule has 0 bridgehead atoms. The van der Waals surface area contributed by atoms with Crippen LogP contribution in [-0.4, -0.2) is 68.5 Å². The monoisotopic (exact) mass is 318 g/mol. The van der Waals surface area contributed by atoms with Crippen molar-refractivity contribution in [1.82, 2.24) is 10.2 Å². The second-order valence-corrected chi connectivity index (χ2v) is 7.93. The van der Waals surface area contributed by atoms with Gasteiger partial charge in [0.2, 0.25) is 11.8 Å². The third-order valence-corrected chi connectivity index (χ3v) is 5.59. The molecule has 7 nitrogen and oxygen atoms in total. The van der Waals surface area contributed by atoms with E-state index in [2.05, 4.69) is 5.32 Å². The summed E-state index contributed by atoms with van der Waals surface area (Å²) in [6, 6.07) is -0.334. The standard InChI is InChI=1S/C13H22N2O5S/c1-10(16)15(7-12-3-2-5-20-12)8-13(17)14-11-4-6-21(18,19)9-11/h11-12H,2-9H2,1H3,(H,14,17). The molecule has 2 unspecified atom stereocenters. The van der Waals surface area contributed by atoms with Gasteiger partial charge in [0.05, 0.1) is 24.2 Å². The molecule has 21 heavy (non-hydrogen) atoms. The molecule has 2 atom stereocenters. The Morgan fingerprint density at radius 2 is 2.10 bits per heavy atom. The summed E-state index contributed by atoms with van der Waals surface area (Å²) in [6.45, 7) is 2.47. The molecule has 0 aliphatic carbocycles. The third-order valence-electron chi connectivity index (χ3n) is 3.83. The van der Waals surface area contributed by atoms with Gasteiger partial charge in [0.15, 0.2) is 9.84 Å². The molecule has 2 aliphatic rings. The topological polar surface area (TPSA) is 92.8 Å². The number of rotatable bonds is 5. The zero-order valence-electron chi connectivity index (χ0n) is 12.2. The Kier molecular flexibility index (Phi) is 5.21. The van der Waals surface area contributed by atoms with Crippen molar-refractivity contribution >= 4 is 21.7 Å². The van der Waals surface area contributed by atoms with Crippen LogP contribution in [0.1, 0.15) is 26.2 Å². The van der Waals surface area contributed by atoms with Crippen LogP contribution in [0.2, 0.25) is 0 Å². The molecule has 0 spiro atoms. The number of hydrogen-bond donors (Lipinski definition) is 1. The van der Waals surface area contributed by atoms with E-state index in [0.29, 0.717) is 19.6 Å². The zero-order chi connectivity index (χ0) is 15.5. The van der Waals surface area contributed by atoms with E-state index < -0.39 is 9.84 Å². The van der Waals surface area contributed by atoms with Crippen molar-refractivity contribution in [3.63, 3.8) is 0 Å². The smallest absolute Gasteiger partial charge is 0.239 e. The lowest BCUT2D eigenvalue weighted by Gasteiger charge is -2.24. The van der Waals surface area contributed by atoms with Gasteiger partial charge in [0.1, 0.15) is 0 Å². The van der Waals surface area contributed by atoms with Crippen molar-refractivity contribution in [3.8, 4) is 0 Å². The van der Waals surface area contributed by atoms with Gasteiger partial charge in [-0.15, -0.1) is 0 Å². The highest BCUT2D eigenvalue weighted by Crippen LogP contribution is 2.14. The maximum absolute atomic E-state index is 12.0. The van der Waals surface area contributed by atoms with Crippen molar-refractivity contribution in [2.75, 3.05) is 31.2 Å². The summed E-state index contributed by atoms with van der Waals surface area (Å²) >= 11 is 0. The van der Waals surface area contributed by atoms with E-state index in [1.165, 1.54) is 11.8 Å². The van der Waals surface area contributed by atoms with Gasteiger partial charge in [-0.25, -0.2) is 8.42 Å². The van der Waals surface area contributed by atoms with Gasteiger partial charge in [-0.1, -0.05) is 0 Å². The molecule has 0 radical (unpaired) electrons. The van der Waals surface area contributed by atoms with Crippen molar-refractivity contribution < 1.29 is 22.7 Å². The molecular formula is C13H22N2O5S. The lowest BCUT2D eigenvalue weighted by Crippen LogP contribution is -2.46. The molecule has 0 aromatic rings. The van der Waals surface area contributed by atoms with Gasteiger partial charge in [0.25, 0.3) is 0 Å². The van der Waals surface area contributed by atoms with Gasteiger partial charge < -0.3 is 15.0 Å². The molecule has 120 valence electrons. The highest BCUT2D eigenvalue weighted by molar-refractivity contribution is 7.91. The molecule has 0 saturated carbocycles. The first-order valence-electron chi connectivity index (χ1n) is 7.22. The fourth-order valence-electron chi connectivity index (χ4n) is 2.69. The summed E-state index contributed by atoms with van der Waals surface area (Å²) in [4.78, 5) is 25.0. The lowest BCUT2D eigenvalue weighted by atomic mass is 10.2. The van der Waals surface area contributed by atoms with Crippen molar-refractivity contribution in [2.45, 2.75) is 38.3 Å². The molecule has 2 aliphatic heterocycles. The number of sulfone groups is 1. The van der Waals surface area contributed by atoms with Crippen molar-refractivity contribution in [3.05, 3.63) is 0 Å². The fourth-order valence-corrected chi connectivity index (χ4v) is 4.37. The van der Waals surface area contributed by atoms with Crippen molar-refractivity contribution in [2.24, 2.45) is 0 Å².